The van der Waals surface area contributed by atoms with Crippen LogP contribution < -0.4 is 10.9 Å². The van der Waals surface area contributed by atoms with E-state index in [9.17, 15) is 9.59 Å². The van der Waals surface area contributed by atoms with E-state index in [-0.39, 0.29) is 23.4 Å². The quantitative estimate of drug-likeness (QED) is 0.479. The molecular formula is C26H39N3O3. The van der Waals surface area contributed by atoms with Gasteiger partial charge in [-0.1, -0.05) is 13.8 Å². The molecule has 0 bridgehead atoms. The summed E-state index contributed by atoms with van der Waals surface area (Å²) >= 11 is 0. The van der Waals surface area contributed by atoms with Crippen LogP contribution in [0.5, 0.6) is 0 Å². The summed E-state index contributed by atoms with van der Waals surface area (Å²) in [7, 11) is 0. The fourth-order valence-corrected chi connectivity index (χ4v) is 5.89. The van der Waals surface area contributed by atoms with Crippen molar-refractivity contribution in [2.75, 3.05) is 26.3 Å². The van der Waals surface area contributed by atoms with E-state index in [1.165, 1.54) is 0 Å². The summed E-state index contributed by atoms with van der Waals surface area (Å²) < 4.78 is 5.58. The third kappa shape index (κ3) is 5.17. The Hall–Kier alpha value is -1.94. The maximum atomic E-state index is 12.6. The summed E-state index contributed by atoms with van der Waals surface area (Å²) in [5.74, 6) is 3.20. The lowest BCUT2D eigenvalue weighted by Crippen LogP contribution is -2.58. The Morgan fingerprint density at radius 2 is 2.09 bits per heavy atom. The second-order valence-electron chi connectivity index (χ2n) is 9.73. The second kappa shape index (κ2) is 10.8. The molecule has 2 aliphatic rings. The SMILES string of the molecule is C#CC1CC(N(CC)C2CCOCC2)C(C)C(C=O)(CNCc2c(C)cc(C)[nH]c2=O)C1. The van der Waals surface area contributed by atoms with E-state index in [2.05, 4.69) is 35.0 Å². The highest BCUT2D eigenvalue weighted by Gasteiger charge is 2.48. The Morgan fingerprint density at radius 3 is 2.69 bits per heavy atom. The molecule has 32 heavy (non-hydrogen) atoms. The number of aromatic amines is 1. The molecule has 1 saturated heterocycles. The van der Waals surface area contributed by atoms with E-state index in [0.717, 1.165) is 62.1 Å². The Kier molecular flexibility index (Phi) is 8.32. The van der Waals surface area contributed by atoms with Crippen molar-refractivity contribution in [3.63, 3.8) is 0 Å². The van der Waals surface area contributed by atoms with Crippen LogP contribution in [0.2, 0.25) is 0 Å². The molecule has 6 heteroatoms. The first-order valence-corrected chi connectivity index (χ1v) is 12.0. The zero-order chi connectivity index (χ0) is 23.3. The molecule has 2 fully saturated rings. The minimum absolute atomic E-state index is 0.0668. The molecule has 1 aliphatic carbocycles. The van der Waals surface area contributed by atoms with Gasteiger partial charge in [0, 0.05) is 61.0 Å². The molecule has 0 radical (unpaired) electrons. The van der Waals surface area contributed by atoms with Gasteiger partial charge in [0.1, 0.15) is 6.29 Å². The third-order valence-electron chi connectivity index (χ3n) is 7.81. The largest absolute Gasteiger partial charge is 0.381 e. The van der Waals surface area contributed by atoms with Gasteiger partial charge in [-0.15, -0.1) is 12.3 Å². The van der Waals surface area contributed by atoms with E-state index >= 15 is 0 Å². The van der Waals surface area contributed by atoms with Crippen LogP contribution in [0.3, 0.4) is 0 Å². The monoisotopic (exact) mass is 441 g/mol. The third-order valence-corrected chi connectivity index (χ3v) is 7.81. The molecule has 0 aromatic carbocycles. The first-order chi connectivity index (χ1) is 15.3. The molecule has 6 nitrogen and oxygen atoms in total. The van der Waals surface area contributed by atoms with Crippen molar-refractivity contribution in [2.24, 2.45) is 17.3 Å². The van der Waals surface area contributed by atoms with Gasteiger partial charge in [-0.05, 0) is 63.6 Å². The van der Waals surface area contributed by atoms with Gasteiger partial charge in [0.2, 0.25) is 0 Å². The number of aromatic nitrogens is 1. The van der Waals surface area contributed by atoms with Gasteiger partial charge in [0.25, 0.3) is 5.56 Å². The average Bonchev–Trinajstić information content (AvgIpc) is 2.78. The Labute approximate surface area is 192 Å². The fourth-order valence-electron chi connectivity index (χ4n) is 5.89. The zero-order valence-electron chi connectivity index (χ0n) is 20.1. The number of carbonyl (C=O) groups is 1. The van der Waals surface area contributed by atoms with Crippen LogP contribution in [-0.2, 0) is 16.1 Å². The maximum Gasteiger partial charge on any atom is 0.252 e. The number of aryl methyl sites for hydroxylation is 2. The van der Waals surface area contributed by atoms with Crippen LogP contribution in [0.1, 0.15) is 56.4 Å². The van der Waals surface area contributed by atoms with Crippen molar-refractivity contribution in [1.29, 1.82) is 0 Å². The number of rotatable bonds is 8. The minimum Gasteiger partial charge on any atom is -0.381 e. The van der Waals surface area contributed by atoms with E-state index in [1.807, 2.05) is 19.9 Å². The first kappa shape index (κ1) is 24.7. The number of terminal acetylenes is 1. The molecule has 0 amide bonds. The summed E-state index contributed by atoms with van der Waals surface area (Å²) in [4.78, 5) is 30.4. The Balaban J connectivity index is 1.79. The lowest BCUT2D eigenvalue weighted by molar-refractivity contribution is -0.126. The highest BCUT2D eigenvalue weighted by molar-refractivity contribution is 5.61. The second-order valence-corrected chi connectivity index (χ2v) is 9.73. The van der Waals surface area contributed by atoms with Crippen LogP contribution in [-0.4, -0.2) is 54.6 Å². The minimum atomic E-state index is -0.552. The number of pyridine rings is 1. The fraction of sp³-hybridized carbons (Fsp3) is 0.692. The summed E-state index contributed by atoms with van der Waals surface area (Å²) in [6.07, 6.45) is 10.7. The topological polar surface area (TPSA) is 74.4 Å². The number of nitrogens with one attached hydrogen (secondary N) is 2. The zero-order valence-corrected chi connectivity index (χ0v) is 20.1. The molecule has 2 N–H and O–H groups in total. The number of hydrogen-bond acceptors (Lipinski definition) is 5. The van der Waals surface area contributed by atoms with Crippen molar-refractivity contribution in [1.82, 2.24) is 15.2 Å². The van der Waals surface area contributed by atoms with E-state index in [4.69, 9.17) is 11.2 Å². The molecule has 4 atom stereocenters. The Morgan fingerprint density at radius 1 is 1.38 bits per heavy atom. The summed E-state index contributed by atoms with van der Waals surface area (Å²) in [5, 5.41) is 3.44. The molecule has 1 aliphatic heterocycles. The normalized spacial score (nSPS) is 29.1. The molecule has 3 rings (SSSR count). The lowest BCUT2D eigenvalue weighted by Gasteiger charge is -2.51. The van der Waals surface area contributed by atoms with Gasteiger partial charge in [0.05, 0.1) is 0 Å². The van der Waals surface area contributed by atoms with E-state index in [1.54, 1.807) is 0 Å². The molecule has 176 valence electrons. The van der Waals surface area contributed by atoms with Gasteiger partial charge in [-0.3, -0.25) is 9.69 Å². The van der Waals surface area contributed by atoms with Gasteiger partial charge < -0.3 is 19.8 Å². The molecule has 1 aromatic rings. The van der Waals surface area contributed by atoms with Crippen molar-refractivity contribution in [3.8, 4) is 12.3 Å². The van der Waals surface area contributed by atoms with Crippen LogP contribution >= 0.6 is 0 Å². The van der Waals surface area contributed by atoms with Gasteiger partial charge >= 0.3 is 0 Å². The highest BCUT2D eigenvalue weighted by Crippen LogP contribution is 2.45. The van der Waals surface area contributed by atoms with Gasteiger partial charge in [0.15, 0.2) is 0 Å². The molecule has 1 saturated carbocycles. The predicted molar refractivity (Wildman–Crippen MR) is 127 cm³/mol. The number of ether oxygens (including phenoxy) is 1. The number of aldehydes is 1. The number of carbonyl (C=O) groups excluding carboxylic acids is 1. The van der Waals surface area contributed by atoms with Crippen LogP contribution in [0.4, 0.5) is 0 Å². The smallest absolute Gasteiger partial charge is 0.252 e. The van der Waals surface area contributed by atoms with Crippen molar-refractivity contribution in [3.05, 3.63) is 33.2 Å². The Bertz CT molecular complexity index is 883. The van der Waals surface area contributed by atoms with Crippen molar-refractivity contribution < 1.29 is 9.53 Å². The summed E-state index contributed by atoms with van der Waals surface area (Å²) in [5.41, 5.74) is 1.93. The molecule has 0 spiro atoms. The maximum absolute atomic E-state index is 12.6. The number of nitrogens with zero attached hydrogens (tertiary/aromatic N) is 1. The van der Waals surface area contributed by atoms with Crippen molar-refractivity contribution in [2.45, 2.75) is 72.0 Å². The molecule has 4 unspecified atom stereocenters. The number of H-pyrrole nitrogens is 1. The average molecular weight is 442 g/mol. The van der Waals surface area contributed by atoms with E-state index in [0.29, 0.717) is 25.6 Å². The summed E-state index contributed by atoms with van der Waals surface area (Å²) in [6, 6.07) is 2.72. The molecular weight excluding hydrogens is 402 g/mol. The van der Waals surface area contributed by atoms with Crippen molar-refractivity contribution >= 4 is 6.29 Å². The van der Waals surface area contributed by atoms with Gasteiger partial charge in [-0.25, -0.2) is 0 Å². The molecule has 2 heterocycles. The van der Waals surface area contributed by atoms with Crippen LogP contribution in [0, 0.1) is 43.4 Å². The van der Waals surface area contributed by atoms with Crippen LogP contribution in [0.15, 0.2) is 10.9 Å². The lowest BCUT2D eigenvalue weighted by atomic mass is 9.61. The van der Waals surface area contributed by atoms with E-state index < -0.39 is 5.41 Å². The number of hydrogen-bond donors (Lipinski definition) is 2. The summed E-state index contributed by atoms with van der Waals surface area (Å²) in [6.45, 7) is 11.7. The highest BCUT2D eigenvalue weighted by atomic mass is 16.5. The standard InChI is InChI=1S/C26H39N3O3/c1-6-21-13-24(29(7-2)22-8-10-32-11-9-22)20(5)26(14-21,17-30)16-27-15-23-18(3)12-19(4)28-25(23)31/h1,12,17,20-22,24,27H,7-11,13-16H2,2-5H3,(H,28,31). The van der Waals surface area contributed by atoms with Gasteiger partial charge in [-0.2, -0.15) is 0 Å². The predicted octanol–water partition coefficient (Wildman–Crippen LogP) is 2.82. The molecule has 1 aromatic heterocycles. The first-order valence-electron chi connectivity index (χ1n) is 12.0. The van der Waals surface area contributed by atoms with Crippen LogP contribution in [0.25, 0.3) is 0 Å².